The van der Waals surface area contributed by atoms with E-state index in [1.807, 2.05) is 0 Å². The second-order valence-corrected chi connectivity index (χ2v) is 15.0. The zero-order chi connectivity index (χ0) is 19.7. The average Bonchev–Trinajstić information content (AvgIpc) is 2.96. The summed E-state index contributed by atoms with van der Waals surface area (Å²) in [5.41, 5.74) is 0.967. The molecule has 5 atom stereocenters. The summed E-state index contributed by atoms with van der Waals surface area (Å²) in [6.45, 7) is 13.1. The lowest BCUT2D eigenvalue weighted by atomic mass is 9.79. The number of hydrogen-bond acceptors (Lipinski definition) is 4. The molecule has 3 rings (SSSR count). The minimum absolute atomic E-state index is 0.0613. The van der Waals surface area contributed by atoms with Crippen molar-refractivity contribution in [2.45, 2.75) is 89.8 Å². The van der Waals surface area contributed by atoms with Crippen molar-refractivity contribution < 1.29 is 18.7 Å². The molecule has 2 fully saturated rings. The third kappa shape index (κ3) is 4.92. The number of carbonyl (C=O) groups is 1. The Morgan fingerprint density at radius 3 is 2.67 bits per heavy atom. The fourth-order valence-electron chi connectivity index (χ4n) is 4.54. The Morgan fingerprint density at radius 2 is 2.04 bits per heavy atom. The van der Waals surface area contributed by atoms with E-state index < -0.39 is 8.32 Å². The highest BCUT2D eigenvalue weighted by Gasteiger charge is 2.47. The molecule has 4 nitrogen and oxygen atoms in total. The maximum Gasteiger partial charge on any atom is 0.191 e. The van der Waals surface area contributed by atoms with Crippen LogP contribution in [0.2, 0.25) is 18.1 Å². The lowest BCUT2D eigenvalue weighted by molar-refractivity contribution is -0.197. The van der Waals surface area contributed by atoms with Crippen molar-refractivity contribution in [3.63, 3.8) is 0 Å². The molecule has 0 bridgehead atoms. The van der Waals surface area contributed by atoms with Gasteiger partial charge < -0.3 is 13.9 Å². The van der Waals surface area contributed by atoms with Gasteiger partial charge in [0.05, 0.1) is 6.10 Å². The zero-order valence-electron chi connectivity index (χ0n) is 17.8. The highest BCUT2D eigenvalue weighted by atomic mass is 28.4. The lowest BCUT2D eigenvalue weighted by Gasteiger charge is -2.39. The predicted octanol–water partition coefficient (Wildman–Crippen LogP) is 5.09. The molecule has 0 amide bonds. The van der Waals surface area contributed by atoms with Crippen molar-refractivity contribution in [2.75, 3.05) is 13.2 Å². The van der Waals surface area contributed by atoms with Crippen molar-refractivity contribution in [2.24, 2.45) is 17.8 Å². The minimum atomic E-state index is -1.79. The summed E-state index contributed by atoms with van der Waals surface area (Å²) in [5.74, 6) is 1.41. The second-order valence-electron chi connectivity index (χ2n) is 10.2. The summed E-state index contributed by atoms with van der Waals surface area (Å²) < 4.78 is 19.0. The monoisotopic (exact) mass is 394 g/mol. The van der Waals surface area contributed by atoms with E-state index in [0.29, 0.717) is 17.8 Å². The molecule has 1 saturated heterocycles. The smallest absolute Gasteiger partial charge is 0.191 e. The standard InChI is InChI=1S/C22H38O4Si/c1-22(2,3)27(4,5)25-15-19-18-10-9-16(14-23)12-17(18)13-20(19)26-21-8-6-7-11-24-21/h12,14,17-21H,6-11,13,15H2,1-5H3/t17-,18-,19+,20-,21?/m1/s1. The van der Waals surface area contributed by atoms with E-state index >= 15 is 0 Å². The molecular weight excluding hydrogens is 356 g/mol. The van der Waals surface area contributed by atoms with Crippen LogP contribution in [-0.4, -0.2) is 40.2 Å². The van der Waals surface area contributed by atoms with Gasteiger partial charge in [-0.15, -0.1) is 0 Å². The second kappa shape index (κ2) is 8.48. The zero-order valence-corrected chi connectivity index (χ0v) is 18.8. The Kier molecular flexibility index (Phi) is 6.66. The Labute approximate surface area is 166 Å². The van der Waals surface area contributed by atoms with Gasteiger partial charge in [-0.3, -0.25) is 4.79 Å². The quantitative estimate of drug-likeness (QED) is 0.465. The number of fused-ring (bicyclic) bond motifs is 1. The van der Waals surface area contributed by atoms with Crippen LogP contribution in [0.4, 0.5) is 0 Å². The molecule has 1 aliphatic heterocycles. The summed E-state index contributed by atoms with van der Waals surface area (Å²) in [4.78, 5) is 11.3. The number of carbonyl (C=O) groups excluding carboxylic acids is 1. The van der Waals surface area contributed by atoms with Gasteiger partial charge >= 0.3 is 0 Å². The summed E-state index contributed by atoms with van der Waals surface area (Å²) in [6, 6.07) is 0. The van der Waals surface area contributed by atoms with E-state index in [4.69, 9.17) is 13.9 Å². The molecule has 2 aliphatic carbocycles. The van der Waals surface area contributed by atoms with Crippen molar-refractivity contribution in [1.82, 2.24) is 0 Å². The van der Waals surface area contributed by atoms with Gasteiger partial charge in [0.15, 0.2) is 14.6 Å². The predicted molar refractivity (Wildman–Crippen MR) is 110 cm³/mol. The van der Waals surface area contributed by atoms with Gasteiger partial charge in [-0.1, -0.05) is 26.8 Å². The number of allylic oxidation sites excluding steroid dienone is 2. The molecule has 0 spiro atoms. The lowest BCUT2D eigenvalue weighted by Crippen LogP contribution is -2.44. The first-order valence-corrected chi connectivity index (χ1v) is 13.7. The Bertz CT molecular complexity index is 545. The largest absolute Gasteiger partial charge is 0.416 e. The maximum absolute atomic E-state index is 11.3. The van der Waals surface area contributed by atoms with Crippen LogP contribution in [0.5, 0.6) is 0 Å². The van der Waals surface area contributed by atoms with Gasteiger partial charge in [0.2, 0.25) is 0 Å². The SMILES string of the molecule is CC(C)(C)[Si](C)(C)OC[C@H]1[C@@H]2CCC(C=O)=C[C@@H]2C[C@H]1OC1CCCCO1. The Morgan fingerprint density at radius 1 is 1.26 bits per heavy atom. The van der Waals surface area contributed by atoms with Crippen LogP contribution in [0.25, 0.3) is 0 Å². The molecule has 3 aliphatic rings. The van der Waals surface area contributed by atoms with Crippen LogP contribution in [-0.2, 0) is 18.7 Å². The van der Waals surface area contributed by atoms with E-state index in [9.17, 15) is 4.79 Å². The van der Waals surface area contributed by atoms with E-state index in [-0.39, 0.29) is 17.4 Å². The number of ether oxygens (including phenoxy) is 2. The third-order valence-corrected chi connectivity index (χ3v) is 11.8. The number of rotatable bonds is 6. The normalized spacial score (nSPS) is 34.9. The van der Waals surface area contributed by atoms with E-state index in [1.165, 1.54) is 6.42 Å². The molecule has 0 aromatic carbocycles. The minimum Gasteiger partial charge on any atom is -0.416 e. The van der Waals surface area contributed by atoms with E-state index in [0.717, 1.165) is 57.2 Å². The molecule has 0 N–H and O–H groups in total. The molecule has 1 unspecified atom stereocenters. The van der Waals surface area contributed by atoms with Crippen molar-refractivity contribution in [1.29, 1.82) is 0 Å². The molecule has 1 saturated carbocycles. The summed E-state index contributed by atoms with van der Waals surface area (Å²) in [7, 11) is -1.79. The highest BCUT2D eigenvalue weighted by Crippen LogP contribution is 2.47. The molecule has 154 valence electrons. The number of aldehydes is 1. The van der Waals surface area contributed by atoms with Crippen LogP contribution in [0.15, 0.2) is 11.6 Å². The fourth-order valence-corrected chi connectivity index (χ4v) is 5.58. The highest BCUT2D eigenvalue weighted by molar-refractivity contribution is 6.74. The summed E-state index contributed by atoms with van der Waals surface area (Å²) >= 11 is 0. The van der Waals surface area contributed by atoms with Crippen molar-refractivity contribution in [3.8, 4) is 0 Å². The first kappa shape index (κ1) is 21.2. The fraction of sp³-hybridized carbons (Fsp3) is 0.864. The molecule has 1 heterocycles. The Balaban J connectivity index is 1.71. The molecule has 0 radical (unpaired) electrons. The van der Waals surface area contributed by atoms with Crippen LogP contribution >= 0.6 is 0 Å². The van der Waals surface area contributed by atoms with Gasteiger partial charge in [-0.05, 0) is 74.1 Å². The van der Waals surface area contributed by atoms with E-state index in [2.05, 4.69) is 39.9 Å². The summed E-state index contributed by atoms with van der Waals surface area (Å²) in [5, 5.41) is 0.213. The summed E-state index contributed by atoms with van der Waals surface area (Å²) in [6.07, 6.45) is 9.65. The van der Waals surface area contributed by atoms with Gasteiger partial charge in [0.1, 0.15) is 6.29 Å². The van der Waals surface area contributed by atoms with Crippen LogP contribution in [0.1, 0.15) is 59.3 Å². The van der Waals surface area contributed by atoms with Gasteiger partial charge in [-0.2, -0.15) is 0 Å². The van der Waals surface area contributed by atoms with Gasteiger partial charge in [0, 0.05) is 19.1 Å². The van der Waals surface area contributed by atoms with Crippen LogP contribution < -0.4 is 0 Å². The Hall–Kier alpha value is -0.493. The average molecular weight is 395 g/mol. The van der Waals surface area contributed by atoms with Crippen LogP contribution in [0, 0.1) is 17.8 Å². The molecule has 5 heteroatoms. The third-order valence-electron chi connectivity index (χ3n) is 7.34. The van der Waals surface area contributed by atoms with Gasteiger partial charge in [0.25, 0.3) is 0 Å². The number of hydrogen-bond donors (Lipinski definition) is 0. The molecular formula is C22H38O4Si. The first-order chi connectivity index (χ1) is 12.7. The van der Waals surface area contributed by atoms with Gasteiger partial charge in [-0.25, -0.2) is 0 Å². The van der Waals surface area contributed by atoms with Crippen molar-refractivity contribution in [3.05, 3.63) is 11.6 Å². The topological polar surface area (TPSA) is 44.8 Å². The first-order valence-electron chi connectivity index (χ1n) is 10.8. The van der Waals surface area contributed by atoms with Crippen molar-refractivity contribution >= 4 is 14.6 Å². The molecule has 0 aromatic rings. The molecule has 27 heavy (non-hydrogen) atoms. The molecule has 0 aromatic heterocycles. The van der Waals surface area contributed by atoms with Crippen LogP contribution in [0.3, 0.4) is 0 Å². The maximum atomic E-state index is 11.3. The van der Waals surface area contributed by atoms with E-state index in [1.54, 1.807) is 0 Å².